The lowest BCUT2D eigenvalue weighted by Gasteiger charge is -2.11. The van der Waals surface area contributed by atoms with Crippen LogP contribution in [0, 0.1) is 5.92 Å². The van der Waals surface area contributed by atoms with E-state index >= 15 is 0 Å². The molecule has 16 heavy (non-hydrogen) atoms. The van der Waals surface area contributed by atoms with E-state index in [9.17, 15) is 4.79 Å². The van der Waals surface area contributed by atoms with Crippen molar-refractivity contribution in [2.75, 3.05) is 6.54 Å². The highest BCUT2D eigenvalue weighted by Crippen LogP contribution is 2.14. The first-order valence-electron chi connectivity index (χ1n) is 6.71. The van der Waals surface area contributed by atoms with Crippen molar-refractivity contribution >= 4 is 5.91 Å². The predicted molar refractivity (Wildman–Crippen MR) is 69.0 cm³/mol. The maximum atomic E-state index is 11.1. The first kappa shape index (κ1) is 15.4. The minimum atomic E-state index is -0.184. The maximum absolute atomic E-state index is 11.1. The van der Waals surface area contributed by atoms with E-state index in [1.54, 1.807) is 0 Å². The number of unbranched alkanes of at least 4 members (excludes halogenated alkanes) is 6. The Morgan fingerprint density at radius 1 is 1.00 bits per heavy atom. The fourth-order valence-electron chi connectivity index (χ4n) is 1.98. The van der Waals surface area contributed by atoms with Gasteiger partial charge in [-0.25, -0.2) is 0 Å². The SMILES string of the molecule is CCCCCCCCCC(CCN)C(N)=O. The number of amides is 1. The minimum absolute atomic E-state index is 0.000594. The molecule has 0 aromatic heterocycles. The van der Waals surface area contributed by atoms with Gasteiger partial charge in [0, 0.05) is 5.92 Å². The number of rotatable bonds is 11. The van der Waals surface area contributed by atoms with Gasteiger partial charge in [-0.3, -0.25) is 4.79 Å². The van der Waals surface area contributed by atoms with Crippen molar-refractivity contribution in [2.45, 2.75) is 64.7 Å². The molecule has 0 aromatic rings. The maximum Gasteiger partial charge on any atom is 0.220 e. The number of nitrogens with two attached hydrogens (primary N) is 2. The molecule has 0 fully saturated rings. The normalized spacial score (nSPS) is 12.6. The summed E-state index contributed by atoms with van der Waals surface area (Å²) in [4.78, 5) is 11.1. The number of hydrogen-bond acceptors (Lipinski definition) is 2. The summed E-state index contributed by atoms with van der Waals surface area (Å²) < 4.78 is 0. The third-order valence-electron chi connectivity index (χ3n) is 3.07. The van der Waals surface area contributed by atoms with Gasteiger partial charge in [-0.1, -0.05) is 51.9 Å². The van der Waals surface area contributed by atoms with Crippen molar-refractivity contribution in [2.24, 2.45) is 17.4 Å². The predicted octanol–water partition coefficient (Wildman–Crippen LogP) is 2.58. The van der Waals surface area contributed by atoms with E-state index in [-0.39, 0.29) is 11.8 Å². The van der Waals surface area contributed by atoms with Crippen molar-refractivity contribution in [1.29, 1.82) is 0 Å². The van der Waals surface area contributed by atoms with Crippen molar-refractivity contribution in [3.8, 4) is 0 Å². The van der Waals surface area contributed by atoms with Gasteiger partial charge in [-0.05, 0) is 19.4 Å². The van der Waals surface area contributed by atoms with Crippen LogP contribution in [0.3, 0.4) is 0 Å². The lowest BCUT2D eigenvalue weighted by atomic mass is 9.96. The molecule has 1 unspecified atom stereocenters. The lowest BCUT2D eigenvalue weighted by Crippen LogP contribution is -2.25. The molecule has 0 aliphatic rings. The van der Waals surface area contributed by atoms with E-state index in [2.05, 4.69) is 6.92 Å². The van der Waals surface area contributed by atoms with Crippen molar-refractivity contribution in [3.05, 3.63) is 0 Å². The molecule has 1 atom stereocenters. The molecule has 1 amide bonds. The average Bonchev–Trinajstić information content (AvgIpc) is 2.26. The zero-order valence-corrected chi connectivity index (χ0v) is 10.7. The van der Waals surface area contributed by atoms with Crippen LogP contribution in [0.15, 0.2) is 0 Å². The summed E-state index contributed by atoms with van der Waals surface area (Å²) in [5, 5.41) is 0. The molecular formula is C13H28N2O. The van der Waals surface area contributed by atoms with Gasteiger partial charge >= 0.3 is 0 Å². The second kappa shape index (κ2) is 10.9. The summed E-state index contributed by atoms with van der Waals surface area (Å²) in [5.41, 5.74) is 10.8. The molecule has 4 N–H and O–H groups in total. The van der Waals surface area contributed by atoms with Gasteiger partial charge in [0.15, 0.2) is 0 Å². The smallest absolute Gasteiger partial charge is 0.220 e. The van der Waals surface area contributed by atoms with Gasteiger partial charge in [-0.15, -0.1) is 0 Å². The van der Waals surface area contributed by atoms with Gasteiger partial charge in [0.2, 0.25) is 5.91 Å². The molecule has 3 heteroatoms. The molecule has 0 bridgehead atoms. The molecule has 0 aliphatic heterocycles. The molecule has 0 saturated heterocycles. The summed E-state index contributed by atoms with van der Waals surface area (Å²) in [6.45, 7) is 2.79. The summed E-state index contributed by atoms with van der Waals surface area (Å²) in [7, 11) is 0. The largest absolute Gasteiger partial charge is 0.369 e. The summed E-state index contributed by atoms with van der Waals surface area (Å²) in [6.07, 6.45) is 10.6. The molecule has 0 aliphatic carbocycles. The Labute approximate surface area is 100.0 Å². The van der Waals surface area contributed by atoms with E-state index < -0.39 is 0 Å². The Bertz CT molecular complexity index is 171. The quantitative estimate of drug-likeness (QED) is 0.534. The Balaban J connectivity index is 3.37. The van der Waals surface area contributed by atoms with Gasteiger partial charge < -0.3 is 11.5 Å². The van der Waals surface area contributed by atoms with Crippen LogP contribution in [-0.2, 0) is 4.79 Å². The fraction of sp³-hybridized carbons (Fsp3) is 0.923. The van der Waals surface area contributed by atoms with Crippen LogP contribution in [0.25, 0.3) is 0 Å². The number of carbonyl (C=O) groups is 1. The molecule has 0 aromatic carbocycles. The highest BCUT2D eigenvalue weighted by Gasteiger charge is 2.13. The van der Waals surface area contributed by atoms with Gasteiger partial charge in [0.05, 0.1) is 0 Å². The van der Waals surface area contributed by atoms with Crippen LogP contribution in [0.5, 0.6) is 0 Å². The molecule has 0 radical (unpaired) electrons. The van der Waals surface area contributed by atoms with E-state index in [4.69, 9.17) is 11.5 Å². The third kappa shape index (κ3) is 8.72. The Morgan fingerprint density at radius 2 is 1.56 bits per heavy atom. The Hall–Kier alpha value is -0.570. The minimum Gasteiger partial charge on any atom is -0.369 e. The first-order chi connectivity index (χ1) is 7.72. The highest BCUT2D eigenvalue weighted by molar-refractivity contribution is 5.76. The second-order valence-electron chi connectivity index (χ2n) is 4.59. The van der Waals surface area contributed by atoms with Crippen LogP contribution in [0.2, 0.25) is 0 Å². The monoisotopic (exact) mass is 228 g/mol. The van der Waals surface area contributed by atoms with E-state index in [0.717, 1.165) is 19.3 Å². The molecular weight excluding hydrogens is 200 g/mol. The van der Waals surface area contributed by atoms with Gasteiger partial charge in [0.25, 0.3) is 0 Å². The van der Waals surface area contributed by atoms with Gasteiger partial charge in [0.1, 0.15) is 0 Å². The summed E-state index contributed by atoms with van der Waals surface area (Å²) >= 11 is 0. The topological polar surface area (TPSA) is 69.1 Å². The number of carbonyl (C=O) groups excluding carboxylic acids is 1. The first-order valence-corrected chi connectivity index (χ1v) is 6.71. The van der Waals surface area contributed by atoms with Crippen LogP contribution < -0.4 is 11.5 Å². The average molecular weight is 228 g/mol. The highest BCUT2D eigenvalue weighted by atomic mass is 16.1. The van der Waals surface area contributed by atoms with Crippen LogP contribution >= 0.6 is 0 Å². The van der Waals surface area contributed by atoms with E-state index in [0.29, 0.717) is 6.54 Å². The summed E-state index contributed by atoms with van der Waals surface area (Å²) in [6, 6.07) is 0. The van der Waals surface area contributed by atoms with Crippen molar-refractivity contribution in [1.82, 2.24) is 0 Å². The zero-order valence-electron chi connectivity index (χ0n) is 10.7. The fourth-order valence-corrected chi connectivity index (χ4v) is 1.98. The molecule has 0 heterocycles. The van der Waals surface area contributed by atoms with Crippen LogP contribution in [0.1, 0.15) is 64.7 Å². The Kier molecular flexibility index (Phi) is 10.5. The van der Waals surface area contributed by atoms with E-state index in [1.165, 1.54) is 38.5 Å². The number of hydrogen-bond donors (Lipinski definition) is 2. The van der Waals surface area contributed by atoms with Crippen LogP contribution in [-0.4, -0.2) is 12.5 Å². The molecule has 0 rings (SSSR count). The van der Waals surface area contributed by atoms with Crippen molar-refractivity contribution in [3.63, 3.8) is 0 Å². The molecule has 96 valence electrons. The standard InChI is InChI=1S/C13H28N2O/c1-2-3-4-5-6-7-8-9-12(10-11-14)13(15)16/h12H,2-11,14H2,1H3,(H2,15,16). The Morgan fingerprint density at radius 3 is 2.06 bits per heavy atom. The molecule has 0 spiro atoms. The van der Waals surface area contributed by atoms with E-state index in [1.807, 2.05) is 0 Å². The van der Waals surface area contributed by atoms with Crippen molar-refractivity contribution < 1.29 is 4.79 Å². The third-order valence-corrected chi connectivity index (χ3v) is 3.07. The second-order valence-corrected chi connectivity index (χ2v) is 4.59. The lowest BCUT2D eigenvalue weighted by molar-refractivity contribution is -0.122. The molecule has 0 saturated carbocycles. The van der Waals surface area contributed by atoms with Gasteiger partial charge in [-0.2, -0.15) is 0 Å². The molecule has 3 nitrogen and oxygen atoms in total. The number of primary amides is 1. The summed E-state index contributed by atoms with van der Waals surface area (Å²) in [5.74, 6) is -0.183. The van der Waals surface area contributed by atoms with Crippen LogP contribution in [0.4, 0.5) is 0 Å². The zero-order chi connectivity index (χ0) is 12.2.